The van der Waals surface area contributed by atoms with Gasteiger partial charge in [-0.25, -0.2) is 0 Å². The maximum absolute atomic E-state index is 2.51. The van der Waals surface area contributed by atoms with E-state index in [0.29, 0.717) is 5.92 Å². The summed E-state index contributed by atoms with van der Waals surface area (Å²) in [7, 11) is 0. The van der Waals surface area contributed by atoms with Gasteiger partial charge >= 0.3 is 0 Å². The van der Waals surface area contributed by atoms with Crippen molar-refractivity contribution in [2.75, 3.05) is 0 Å². The van der Waals surface area contributed by atoms with E-state index >= 15 is 0 Å². The van der Waals surface area contributed by atoms with E-state index in [1.807, 2.05) is 0 Å². The SMILES string of the molecule is C1=CC2=CC=CC3=c4ccc5c6c4C(=CCc6c4cc6c(cc45)c4cccc5cccc6c54)C(=C1)C23. The highest BCUT2D eigenvalue weighted by molar-refractivity contribution is 6.34. The largest absolute Gasteiger partial charge is 0.0719 e. The van der Waals surface area contributed by atoms with E-state index in [-0.39, 0.29) is 0 Å². The Morgan fingerprint density at radius 2 is 1.39 bits per heavy atom. The monoisotopic (exact) mass is 452 g/mol. The number of hydrogen-bond donors (Lipinski definition) is 0. The minimum atomic E-state index is 0.378. The smallest absolute Gasteiger partial charge is 0.0352 e. The van der Waals surface area contributed by atoms with Gasteiger partial charge in [0.2, 0.25) is 0 Å². The molecule has 6 aromatic carbocycles. The van der Waals surface area contributed by atoms with Crippen molar-refractivity contribution >= 4 is 65.0 Å². The van der Waals surface area contributed by atoms with Crippen molar-refractivity contribution in [1.82, 2.24) is 0 Å². The van der Waals surface area contributed by atoms with Crippen molar-refractivity contribution in [3.8, 4) is 0 Å². The minimum Gasteiger partial charge on any atom is -0.0719 e. The molecule has 164 valence electrons. The average Bonchev–Trinajstić information content (AvgIpc) is 3.42. The summed E-state index contributed by atoms with van der Waals surface area (Å²) in [6.45, 7) is 0. The Hall–Kier alpha value is -4.42. The van der Waals surface area contributed by atoms with Crippen LogP contribution in [0, 0.1) is 5.92 Å². The van der Waals surface area contributed by atoms with E-state index in [2.05, 4.69) is 103 Å². The summed E-state index contributed by atoms with van der Waals surface area (Å²) < 4.78 is 0. The fraction of sp³-hybridized carbons (Fsp3) is 0.0556. The van der Waals surface area contributed by atoms with Crippen LogP contribution in [0.2, 0.25) is 0 Å². The zero-order valence-electron chi connectivity index (χ0n) is 19.6. The fourth-order valence-corrected chi connectivity index (χ4v) is 7.87. The molecule has 0 heteroatoms. The van der Waals surface area contributed by atoms with E-state index < -0.39 is 0 Å². The second-order valence-electron chi connectivity index (χ2n) is 10.8. The van der Waals surface area contributed by atoms with Crippen LogP contribution in [0.5, 0.6) is 0 Å². The van der Waals surface area contributed by atoms with Gasteiger partial charge in [0.05, 0.1) is 0 Å². The normalized spacial score (nSPS) is 19.5. The van der Waals surface area contributed by atoms with Crippen LogP contribution in [0.4, 0.5) is 0 Å². The van der Waals surface area contributed by atoms with Crippen molar-refractivity contribution < 1.29 is 0 Å². The van der Waals surface area contributed by atoms with Gasteiger partial charge in [0.15, 0.2) is 0 Å². The van der Waals surface area contributed by atoms with Gasteiger partial charge in [0, 0.05) is 5.92 Å². The van der Waals surface area contributed by atoms with Crippen LogP contribution in [0.3, 0.4) is 0 Å². The Morgan fingerprint density at radius 1 is 0.639 bits per heavy atom. The lowest BCUT2D eigenvalue weighted by Crippen LogP contribution is -2.29. The van der Waals surface area contributed by atoms with Crippen LogP contribution in [0.15, 0.2) is 114 Å². The number of fused-ring (bicyclic) bond motifs is 7. The molecule has 0 fully saturated rings. The second-order valence-corrected chi connectivity index (χ2v) is 10.8. The molecule has 0 amide bonds. The predicted octanol–water partition coefficient (Wildman–Crippen LogP) is 8.32. The van der Waals surface area contributed by atoms with E-state index in [1.165, 1.54) is 92.5 Å². The first kappa shape index (κ1) is 17.9. The van der Waals surface area contributed by atoms with Gasteiger partial charge in [-0.1, -0.05) is 91.1 Å². The zero-order valence-corrected chi connectivity index (χ0v) is 19.6. The van der Waals surface area contributed by atoms with E-state index in [1.54, 1.807) is 0 Å². The highest BCUT2D eigenvalue weighted by Gasteiger charge is 2.35. The first-order chi connectivity index (χ1) is 17.9. The molecule has 0 spiro atoms. The molecular formula is C36H20. The molecule has 0 radical (unpaired) electrons. The topological polar surface area (TPSA) is 0 Å². The third-order valence-electron chi connectivity index (χ3n) is 9.25. The van der Waals surface area contributed by atoms with Gasteiger partial charge < -0.3 is 0 Å². The summed E-state index contributed by atoms with van der Waals surface area (Å²) in [4.78, 5) is 0. The first-order valence-corrected chi connectivity index (χ1v) is 13.0. The summed E-state index contributed by atoms with van der Waals surface area (Å²) >= 11 is 0. The van der Waals surface area contributed by atoms with Crippen LogP contribution in [0.25, 0.3) is 65.0 Å². The Morgan fingerprint density at radius 3 is 2.25 bits per heavy atom. The molecule has 0 N–H and O–H groups in total. The predicted molar refractivity (Wildman–Crippen MR) is 153 cm³/mol. The lowest BCUT2D eigenvalue weighted by Gasteiger charge is -2.35. The molecule has 10 rings (SSSR count). The molecule has 0 aromatic heterocycles. The Bertz CT molecular complexity index is 2250. The quantitative estimate of drug-likeness (QED) is 0.217. The first-order valence-electron chi connectivity index (χ1n) is 13.0. The summed E-state index contributed by atoms with van der Waals surface area (Å²) in [6, 6.07) is 23.3. The van der Waals surface area contributed by atoms with Gasteiger partial charge in [0.1, 0.15) is 0 Å². The minimum absolute atomic E-state index is 0.378. The lowest BCUT2D eigenvalue weighted by molar-refractivity contribution is 0.945. The van der Waals surface area contributed by atoms with Gasteiger partial charge in [0.25, 0.3) is 0 Å². The molecule has 0 aliphatic heterocycles. The van der Waals surface area contributed by atoms with Gasteiger partial charge in [-0.3, -0.25) is 0 Å². The van der Waals surface area contributed by atoms with Crippen LogP contribution in [-0.2, 0) is 6.42 Å². The van der Waals surface area contributed by atoms with Crippen molar-refractivity contribution in [1.29, 1.82) is 0 Å². The van der Waals surface area contributed by atoms with Crippen LogP contribution in [-0.4, -0.2) is 0 Å². The summed E-state index contributed by atoms with van der Waals surface area (Å²) in [6.07, 6.45) is 17.3. The van der Waals surface area contributed by atoms with Crippen molar-refractivity contribution in [3.05, 3.63) is 131 Å². The van der Waals surface area contributed by atoms with Crippen molar-refractivity contribution in [2.24, 2.45) is 5.92 Å². The van der Waals surface area contributed by atoms with Crippen LogP contribution < -0.4 is 5.22 Å². The highest BCUT2D eigenvalue weighted by atomic mass is 14.4. The Kier molecular flexibility index (Phi) is 2.92. The van der Waals surface area contributed by atoms with E-state index in [4.69, 9.17) is 0 Å². The average molecular weight is 453 g/mol. The maximum atomic E-state index is 2.51. The Labute approximate surface area is 207 Å². The lowest BCUT2D eigenvalue weighted by atomic mass is 9.68. The number of rotatable bonds is 0. The van der Waals surface area contributed by atoms with Gasteiger partial charge in [-0.15, -0.1) is 0 Å². The molecule has 0 heterocycles. The molecule has 4 aliphatic rings. The fourth-order valence-electron chi connectivity index (χ4n) is 7.87. The molecule has 0 nitrogen and oxygen atoms in total. The van der Waals surface area contributed by atoms with Crippen molar-refractivity contribution in [3.63, 3.8) is 0 Å². The van der Waals surface area contributed by atoms with E-state index in [9.17, 15) is 0 Å². The molecule has 6 aromatic rings. The van der Waals surface area contributed by atoms with E-state index in [0.717, 1.165) is 6.42 Å². The molecular weight excluding hydrogens is 432 g/mol. The van der Waals surface area contributed by atoms with Gasteiger partial charge in [-0.2, -0.15) is 0 Å². The molecule has 0 saturated carbocycles. The Balaban J connectivity index is 1.41. The maximum Gasteiger partial charge on any atom is 0.0352 e. The molecule has 36 heavy (non-hydrogen) atoms. The van der Waals surface area contributed by atoms with Crippen LogP contribution >= 0.6 is 0 Å². The zero-order chi connectivity index (χ0) is 23.1. The molecule has 1 unspecified atom stereocenters. The van der Waals surface area contributed by atoms with Crippen molar-refractivity contribution in [2.45, 2.75) is 6.42 Å². The third kappa shape index (κ3) is 1.87. The van der Waals surface area contributed by atoms with Crippen LogP contribution in [0.1, 0.15) is 11.1 Å². The third-order valence-corrected chi connectivity index (χ3v) is 9.25. The standard InChI is InChI=1S/C36H20/c1-5-19-6-2-10-22-26-14-16-28-32-18-30-24-12-4-8-20-7-3-11-23(34(20)24)29(30)17-31(32)27-15-13-25(35(26)36(27)28)21(9-1)33(19)22/h1-15,17-18,33H,16H2. The number of hydrogen-bond acceptors (Lipinski definition) is 0. The molecule has 0 saturated heterocycles. The van der Waals surface area contributed by atoms with Gasteiger partial charge in [-0.05, 0) is 111 Å². The number of benzene rings is 4. The summed E-state index contributed by atoms with van der Waals surface area (Å²) in [5, 5.41) is 15.5. The summed E-state index contributed by atoms with van der Waals surface area (Å²) in [5.74, 6) is 0.378. The highest BCUT2D eigenvalue weighted by Crippen LogP contribution is 2.51. The molecule has 4 aliphatic carbocycles. The number of allylic oxidation sites excluding steroid dienone is 10. The molecule has 1 atom stereocenters. The summed E-state index contributed by atoms with van der Waals surface area (Å²) in [5.41, 5.74) is 8.78. The second kappa shape index (κ2) is 5.86. The molecule has 0 bridgehead atoms.